The smallest absolute Gasteiger partial charge is 0.226 e. The fraction of sp³-hybridized carbons (Fsp3) is 0.267. The maximum absolute atomic E-state index is 5.89. The van der Waals surface area contributed by atoms with E-state index in [2.05, 4.69) is 20.5 Å². The Morgan fingerprint density at radius 3 is 2.87 bits per heavy atom. The Balaban J connectivity index is 1.37. The standard InChI is InChI=1S/C15H13ClN4OS2/c16-10-3-1-9(2-4-10)13-17-12(7-21-13)8-22-15-20-19-14(23-15)18-11-5-6-11/h1-4,7,11H,5-6,8H2,(H,18,19). The zero-order valence-electron chi connectivity index (χ0n) is 12.0. The summed E-state index contributed by atoms with van der Waals surface area (Å²) in [5.74, 6) is 1.31. The zero-order valence-corrected chi connectivity index (χ0v) is 14.4. The molecule has 0 aliphatic heterocycles. The quantitative estimate of drug-likeness (QED) is 0.639. The van der Waals surface area contributed by atoms with Gasteiger partial charge in [-0.25, -0.2) is 4.98 Å². The van der Waals surface area contributed by atoms with E-state index in [-0.39, 0.29) is 0 Å². The highest BCUT2D eigenvalue weighted by Gasteiger charge is 2.22. The van der Waals surface area contributed by atoms with Crippen LogP contribution in [0, 0.1) is 0 Å². The fourth-order valence-electron chi connectivity index (χ4n) is 1.96. The first kappa shape index (κ1) is 15.0. The number of thioether (sulfide) groups is 1. The maximum atomic E-state index is 5.89. The molecule has 23 heavy (non-hydrogen) atoms. The van der Waals surface area contributed by atoms with Crippen LogP contribution in [0.3, 0.4) is 0 Å². The highest BCUT2D eigenvalue weighted by molar-refractivity contribution is 8.00. The van der Waals surface area contributed by atoms with E-state index in [1.54, 1.807) is 29.4 Å². The molecule has 0 bridgehead atoms. The Kier molecular flexibility index (Phi) is 4.24. The molecule has 3 aromatic rings. The van der Waals surface area contributed by atoms with Crippen molar-refractivity contribution >= 4 is 39.8 Å². The van der Waals surface area contributed by atoms with Crippen LogP contribution in [0.15, 0.2) is 39.3 Å². The molecule has 8 heteroatoms. The van der Waals surface area contributed by atoms with Gasteiger partial charge in [-0.2, -0.15) is 0 Å². The van der Waals surface area contributed by atoms with Crippen LogP contribution in [0.2, 0.25) is 5.02 Å². The molecular weight excluding hydrogens is 352 g/mol. The number of anilines is 1. The summed E-state index contributed by atoms with van der Waals surface area (Å²) >= 11 is 9.08. The second-order valence-electron chi connectivity index (χ2n) is 5.23. The van der Waals surface area contributed by atoms with Crippen LogP contribution in [0.25, 0.3) is 11.5 Å². The highest BCUT2D eigenvalue weighted by atomic mass is 35.5. The number of rotatable bonds is 6. The molecule has 1 saturated carbocycles. The van der Waals surface area contributed by atoms with Gasteiger partial charge in [-0.1, -0.05) is 34.7 Å². The molecule has 1 fully saturated rings. The summed E-state index contributed by atoms with van der Waals surface area (Å²) < 4.78 is 6.47. The van der Waals surface area contributed by atoms with Gasteiger partial charge in [0.15, 0.2) is 4.34 Å². The van der Waals surface area contributed by atoms with Gasteiger partial charge in [-0.15, -0.1) is 10.2 Å². The number of halogens is 1. The number of hydrogen-bond acceptors (Lipinski definition) is 7. The van der Waals surface area contributed by atoms with E-state index in [1.165, 1.54) is 12.8 Å². The van der Waals surface area contributed by atoms with Crippen LogP contribution in [0.1, 0.15) is 18.5 Å². The minimum absolute atomic E-state index is 0.596. The summed E-state index contributed by atoms with van der Waals surface area (Å²) in [6.45, 7) is 0. The Labute approximate surface area is 146 Å². The normalized spacial score (nSPS) is 14.1. The van der Waals surface area contributed by atoms with Gasteiger partial charge < -0.3 is 9.73 Å². The second kappa shape index (κ2) is 6.51. The molecule has 0 unspecified atom stereocenters. The number of hydrogen-bond donors (Lipinski definition) is 1. The van der Waals surface area contributed by atoms with Crippen molar-refractivity contribution in [3.8, 4) is 11.5 Å². The molecule has 0 spiro atoms. The lowest BCUT2D eigenvalue weighted by atomic mass is 10.2. The van der Waals surface area contributed by atoms with E-state index < -0.39 is 0 Å². The van der Waals surface area contributed by atoms with Crippen molar-refractivity contribution in [3.05, 3.63) is 41.2 Å². The molecule has 0 atom stereocenters. The summed E-state index contributed by atoms with van der Waals surface area (Å²) in [6.07, 6.45) is 4.14. The van der Waals surface area contributed by atoms with E-state index in [4.69, 9.17) is 16.0 Å². The van der Waals surface area contributed by atoms with Gasteiger partial charge in [0.05, 0.1) is 5.69 Å². The topological polar surface area (TPSA) is 63.8 Å². The van der Waals surface area contributed by atoms with Gasteiger partial charge in [0.1, 0.15) is 6.26 Å². The molecule has 0 saturated heterocycles. The van der Waals surface area contributed by atoms with E-state index in [0.29, 0.717) is 22.7 Å². The largest absolute Gasteiger partial charge is 0.444 e. The summed E-state index contributed by atoms with van der Waals surface area (Å²) in [7, 11) is 0. The van der Waals surface area contributed by atoms with Gasteiger partial charge >= 0.3 is 0 Å². The third-order valence-corrected chi connectivity index (χ3v) is 5.57. The number of oxazole rings is 1. The Bertz CT molecular complexity index is 798. The molecule has 0 radical (unpaired) electrons. The average Bonchev–Trinajstić information content (AvgIpc) is 3.07. The molecule has 0 amide bonds. The molecule has 4 rings (SSSR count). The van der Waals surface area contributed by atoms with Gasteiger partial charge in [-0.05, 0) is 37.1 Å². The lowest BCUT2D eigenvalue weighted by Gasteiger charge is -1.95. The minimum atomic E-state index is 0.596. The second-order valence-corrected chi connectivity index (χ2v) is 7.87. The van der Waals surface area contributed by atoms with Gasteiger partial charge in [0.2, 0.25) is 11.0 Å². The summed E-state index contributed by atoms with van der Waals surface area (Å²) in [4.78, 5) is 4.50. The van der Waals surface area contributed by atoms with E-state index >= 15 is 0 Å². The summed E-state index contributed by atoms with van der Waals surface area (Å²) in [5.41, 5.74) is 1.80. The maximum Gasteiger partial charge on any atom is 0.226 e. The van der Waals surface area contributed by atoms with Crippen molar-refractivity contribution in [1.29, 1.82) is 0 Å². The van der Waals surface area contributed by atoms with E-state index in [1.807, 2.05) is 24.3 Å². The molecule has 1 aliphatic carbocycles. The Morgan fingerprint density at radius 1 is 1.26 bits per heavy atom. The first-order valence-electron chi connectivity index (χ1n) is 7.19. The average molecular weight is 365 g/mol. The van der Waals surface area contributed by atoms with Crippen molar-refractivity contribution in [1.82, 2.24) is 15.2 Å². The van der Waals surface area contributed by atoms with Crippen molar-refractivity contribution < 1.29 is 4.42 Å². The van der Waals surface area contributed by atoms with Crippen molar-refractivity contribution in [3.63, 3.8) is 0 Å². The van der Waals surface area contributed by atoms with E-state index in [9.17, 15) is 0 Å². The fourth-order valence-corrected chi connectivity index (χ4v) is 3.79. The number of nitrogens with zero attached hydrogens (tertiary/aromatic N) is 3. The Morgan fingerprint density at radius 2 is 2.09 bits per heavy atom. The molecular formula is C15H13ClN4OS2. The lowest BCUT2D eigenvalue weighted by Crippen LogP contribution is -1.99. The molecule has 1 aromatic carbocycles. The Hall–Kier alpha value is -1.57. The van der Waals surface area contributed by atoms with Crippen LogP contribution in [-0.4, -0.2) is 21.2 Å². The predicted octanol–water partition coefficient (Wildman–Crippen LogP) is 4.71. The van der Waals surface area contributed by atoms with Crippen LogP contribution < -0.4 is 5.32 Å². The SMILES string of the molecule is Clc1ccc(-c2nc(CSc3nnc(NC4CC4)s3)co2)cc1. The van der Waals surface area contributed by atoms with Crippen LogP contribution in [0.5, 0.6) is 0 Å². The highest BCUT2D eigenvalue weighted by Crippen LogP contribution is 2.32. The number of aromatic nitrogens is 3. The van der Waals surface area contributed by atoms with Gasteiger partial charge in [0, 0.05) is 22.4 Å². The number of nitrogens with one attached hydrogen (secondary N) is 1. The van der Waals surface area contributed by atoms with E-state index in [0.717, 1.165) is 20.7 Å². The van der Waals surface area contributed by atoms with Crippen LogP contribution in [-0.2, 0) is 5.75 Å². The summed E-state index contributed by atoms with van der Waals surface area (Å²) in [5, 5.41) is 13.3. The summed E-state index contributed by atoms with van der Waals surface area (Å²) in [6, 6.07) is 8.03. The molecule has 2 heterocycles. The predicted molar refractivity (Wildman–Crippen MR) is 93.1 cm³/mol. The first-order chi connectivity index (χ1) is 11.3. The minimum Gasteiger partial charge on any atom is -0.444 e. The lowest BCUT2D eigenvalue weighted by molar-refractivity contribution is 0.573. The molecule has 1 N–H and O–H groups in total. The van der Waals surface area contributed by atoms with Gasteiger partial charge in [0.25, 0.3) is 0 Å². The number of benzene rings is 1. The van der Waals surface area contributed by atoms with Crippen molar-refractivity contribution in [2.75, 3.05) is 5.32 Å². The molecule has 2 aromatic heterocycles. The third kappa shape index (κ3) is 3.85. The van der Waals surface area contributed by atoms with Crippen LogP contribution in [0.4, 0.5) is 5.13 Å². The molecule has 118 valence electrons. The van der Waals surface area contributed by atoms with Gasteiger partial charge in [-0.3, -0.25) is 0 Å². The third-order valence-electron chi connectivity index (χ3n) is 3.30. The zero-order chi connectivity index (χ0) is 15.6. The van der Waals surface area contributed by atoms with Crippen molar-refractivity contribution in [2.24, 2.45) is 0 Å². The first-order valence-corrected chi connectivity index (χ1v) is 9.37. The monoisotopic (exact) mass is 364 g/mol. The van der Waals surface area contributed by atoms with Crippen LogP contribution >= 0.6 is 34.7 Å². The molecule has 1 aliphatic rings. The molecule has 5 nitrogen and oxygen atoms in total. The van der Waals surface area contributed by atoms with Crippen molar-refractivity contribution in [2.45, 2.75) is 29.0 Å².